The van der Waals surface area contributed by atoms with E-state index in [0.717, 1.165) is 17.9 Å². The maximum Gasteiger partial charge on any atom is 0.191 e. The summed E-state index contributed by atoms with van der Waals surface area (Å²) in [6.45, 7) is 1.82. The van der Waals surface area contributed by atoms with Gasteiger partial charge in [-0.15, -0.1) is 0 Å². The van der Waals surface area contributed by atoms with Gasteiger partial charge in [-0.3, -0.25) is 4.99 Å². The quantitative estimate of drug-likeness (QED) is 0.609. The Balaban J connectivity index is 2.36. The van der Waals surface area contributed by atoms with Crippen LogP contribution in [0.4, 0.5) is 0 Å². The highest BCUT2D eigenvalue weighted by molar-refractivity contribution is 5.79. The normalized spacial score (nSPS) is 15.5. The molecule has 1 aliphatic rings. The van der Waals surface area contributed by atoms with Gasteiger partial charge in [0.1, 0.15) is 5.70 Å². The van der Waals surface area contributed by atoms with Gasteiger partial charge < -0.3 is 4.42 Å². The first-order valence-electron chi connectivity index (χ1n) is 3.52. The summed E-state index contributed by atoms with van der Waals surface area (Å²) < 4.78 is 5.27. The second kappa shape index (κ2) is 2.34. The molecule has 2 heterocycles. The Bertz CT molecular complexity index is 323. The van der Waals surface area contributed by atoms with Crippen LogP contribution < -0.4 is 0 Å². The van der Waals surface area contributed by atoms with E-state index < -0.39 is 0 Å². The molecule has 0 aliphatic carbocycles. The molecule has 2 rings (SSSR count). The average molecular weight is 148 g/mol. The fourth-order valence-corrected chi connectivity index (χ4v) is 1.01. The molecule has 3 nitrogen and oxygen atoms in total. The molecule has 3 heteroatoms. The third-order valence-electron chi connectivity index (χ3n) is 1.52. The van der Waals surface area contributed by atoms with Crippen molar-refractivity contribution in [2.24, 2.45) is 4.99 Å². The van der Waals surface area contributed by atoms with E-state index in [0.29, 0.717) is 5.89 Å². The second-order valence-corrected chi connectivity index (χ2v) is 2.38. The van der Waals surface area contributed by atoms with Crippen LogP contribution in [0.15, 0.2) is 21.7 Å². The van der Waals surface area contributed by atoms with Crippen molar-refractivity contribution in [1.82, 2.24) is 4.98 Å². The zero-order valence-corrected chi connectivity index (χ0v) is 6.24. The van der Waals surface area contributed by atoms with Crippen LogP contribution in [0.25, 0.3) is 5.70 Å². The molecule has 1 aliphatic heterocycles. The van der Waals surface area contributed by atoms with Gasteiger partial charge in [0.05, 0.1) is 6.20 Å². The van der Waals surface area contributed by atoms with Crippen LogP contribution in [-0.2, 0) is 0 Å². The Morgan fingerprint density at radius 3 is 3.00 bits per heavy atom. The Hall–Kier alpha value is -1.38. The molecule has 0 atom stereocenters. The van der Waals surface area contributed by atoms with Crippen molar-refractivity contribution >= 4 is 11.9 Å². The van der Waals surface area contributed by atoms with Crippen molar-refractivity contribution in [2.75, 3.05) is 0 Å². The maximum atomic E-state index is 5.27. The van der Waals surface area contributed by atoms with Crippen molar-refractivity contribution in [3.8, 4) is 0 Å². The number of oxazole rings is 1. The van der Waals surface area contributed by atoms with Crippen molar-refractivity contribution < 1.29 is 4.42 Å². The number of hydrogen-bond acceptors (Lipinski definition) is 3. The van der Waals surface area contributed by atoms with Crippen LogP contribution in [-0.4, -0.2) is 11.2 Å². The summed E-state index contributed by atoms with van der Waals surface area (Å²) in [6.07, 6.45) is 6.46. The van der Waals surface area contributed by atoms with Gasteiger partial charge in [-0.25, -0.2) is 4.98 Å². The van der Waals surface area contributed by atoms with E-state index in [1.807, 2.05) is 19.2 Å². The molecule has 11 heavy (non-hydrogen) atoms. The number of hydrogen-bond donors (Lipinski definition) is 0. The van der Waals surface area contributed by atoms with Crippen molar-refractivity contribution in [2.45, 2.75) is 13.3 Å². The highest BCUT2D eigenvalue weighted by Crippen LogP contribution is 2.19. The van der Waals surface area contributed by atoms with Crippen LogP contribution in [0.2, 0.25) is 0 Å². The number of aryl methyl sites for hydroxylation is 1. The lowest BCUT2D eigenvalue weighted by Crippen LogP contribution is -1.70. The maximum absolute atomic E-state index is 5.27. The molecule has 0 fully saturated rings. The molecule has 0 amide bonds. The Morgan fingerprint density at radius 2 is 2.45 bits per heavy atom. The lowest BCUT2D eigenvalue weighted by Gasteiger charge is -1.88. The first-order chi connectivity index (χ1) is 5.36. The van der Waals surface area contributed by atoms with E-state index in [1.165, 1.54) is 0 Å². The minimum absolute atomic E-state index is 0.683. The Morgan fingerprint density at radius 1 is 1.55 bits per heavy atom. The first kappa shape index (κ1) is 6.34. The Kier molecular flexibility index (Phi) is 1.35. The molecule has 0 N–H and O–H groups in total. The average Bonchev–Trinajstić information content (AvgIpc) is 2.55. The van der Waals surface area contributed by atoms with Crippen molar-refractivity contribution in [1.29, 1.82) is 0 Å². The minimum atomic E-state index is 0.683. The molecule has 0 saturated carbocycles. The minimum Gasteiger partial charge on any atom is -0.439 e. The lowest BCUT2D eigenvalue weighted by atomic mass is 10.3. The summed E-state index contributed by atoms with van der Waals surface area (Å²) in [5.74, 6) is 1.44. The molecule has 56 valence electrons. The number of nitrogens with zero attached hydrogens (tertiary/aromatic N) is 2. The SMILES string of the molecule is Cc1ncc(C2=CCC=N2)o1. The summed E-state index contributed by atoms with van der Waals surface area (Å²) in [6, 6.07) is 0. The standard InChI is InChI=1S/C8H8N2O/c1-6-10-5-8(11-6)7-3-2-4-9-7/h3-5H,2H2,1H3. The van der Waals surface area contributed by atoms with Crippen LogP contribution in [0.3, 0.4) is 0 Å². The topological polar surface area (TPSA) is 38.4 Å². The highest BCUT2D eigenvalue weighted by atomic mass is 16.4. The van der Waals surface area contributed by atoms with Crippen LogP contribution in [0, 0.1) is 6.92 Å². The fraction of sp³-hybridized carbons (Fsp3) is 0.250. The molecule has 0 unspecified atom stereocenters. The monoisotopic (exact) mass is 148 g/mol. The van der Waals surface area contributed by atoms with E-state index in [9.17, 15) is 0 Å². The van der Waals surface area contributed by atoms with Gasteiger partial charge in [0, 0.05) is 19.6 Å². The molecule has 0 aromatic carbocycles. The molecule has 0 bridgehead atoms. The van der Waals surface area contributed by atoms with Gasteiger partial charge >= 0.3 is 0 Å². The van der Waals surface area contributed by atoms with Gasteiger partial charge in [-0.05, 0) is 6.08 Å². The predicted molar refractivity (Wildman–Crippen MR) is 42.3 cm³/mol. The van der Waals surface area contributed by atoms with Crippen molar-refractivity contribution in [3.05, 3.63) is 23.9 Å². The van der Waals surface area contributed by atoms with E-state index in [2.05, 4.69) is 9.98 Å². The lowest BCUT2D eigenvalue weighted by molar-refractivity contribution is 0.509. The predicted octanol–water partition coefficient (Wildman–Crippen LogP) is 1.80. The number of aromatic nitrogens is 1. The second-order valence-electron chi connectivity index (χ2n) is 2.38. The third kappa shape index (κ3) is 1.09. The van der Waals surface area contributed by atoms with Crippen molar-refractivity contribution in [3.63, 3.8) is 0 Å². The molecular weight excluding hydrogens is 140 g/mol. The number of rotatable bonds is 1. The van der Waals surface area contributed by atoms with Crippen LogP contribution >= 0.6 is 0 Å². The van der Waals surface area contributed by atoms with E-state index in [-0.39, 0.29) is 0 Å². The molecule has 0 saturated heterocycles. The number of aliphatic imine (C=N–C) groups is 1. The van der Waals surface area contributed by atoms with Gasteiger partial charge in [-0.2, -0.15) is 0 Å². The number of allylic oxidation sites excluding steroid dienone is 1. The van der Waals surface area contributed by atoms with Crippen LogP contribution in [0.5, 0.6) is 0 Å². The van der Waals surface area contributed by atoms with Gasteiger partial charge in [0.2, 0.25) is 0 Å². The summed E-state index contributed by atoms with van der Waals surface area (Å²) >= 11 is 0. The summed E-state index contributed by atoms with van der Waals surface area (Å²) in [4.78, 5) is 8.10. The first-order valence-corrected chi connectivity index (χ1v) is 3.52. The zero-order chi connectivity index (χ0) is 7.68. The Labute approximate surface area is 64.5 Å². The van der Waals surface area contributed by atoms with Gasteiger partial charge in [0.15, 0.2) is 11.7 Å². The third-order valence-corrected chi connectivity index (χ3v) is 1.52. The molecular formula is C8H8N2O. The van der Waals surface area contributed by atoms with E-state index in [4.69, 9.17) is 4.42 Å². The smallest absolute Gasteiger partial charge is 0.191 e. The van der Waals surface area contributed by atoms with Gasteiger partial charge in [-0.1, -0.05) is 0 Å². The van der Waals surface area contributed by atoms with Gasteiger partial charge in [0.25, 0.3) is 0 Å². The summed E-state index contributed by atoms with van der Waals surface area (Å²) in [7, 11) is 0. The molecule has 1 aromatic heterocycles. The molecule has 0 spiro atoms. The van der Waals surface area contributed by atoms with E-state index in [1.54, 1.807) is 6.20 Å². The molecule has 1 aromatic rings. The fourth-order valence-electron chi connectivity index (χ4n) is 1.01. The summed E-state index contributed by atoms with van der Waals surface area (Å²) in [5, 5.41) is 0. The van der Waals surface area contributed by atoms with E-state index >= 15 is 0 Å². The highest BCUT2D eigenvalue weighted by Gasteiger charge is 2.06. The van der Waals surface area contributed by atoms with Crippen LogP contribution in [0.1, 0.15) is 18.1 Å². The summed E-state index contributed by atoms with van der Waals surface area (Å²) in [5.41, 5.74) is 0.894. The zero-order valence-electron chi connectivity index (χ0n) is 6.24. The molecule has 0 radical (unpaired) electrons. The largest absolute Gasteiger partial charge is 0.439 e.